The van der Waals surface area contributed by atoms with Gasteiger partial charge in [-0.3, -0.25) is 0 Å². The molecule has 1 aliphatic heterocycles. The van der Waals surface area contributed by atoms with Crippen LogP contribution >= 0.6 is 12.2 Å². The molecular weight excluding hydrogens is 474 g/mol. The minimum Gasteiger partial charge on any atom is -0.487 e. The molecule has 0 saturated heterocycles. The van der Waals surface area contributed by atoms with Gasteiger partial charge in [0.1, 0.15) is 31.4 Å². The van der Waals surface area contributed by atoms with Crippen LogP contribution in [0, 0.1) is 0 Å². The highest BCUT2D eigenvalue weighted by Gasteiger charge is 2.09. The maximum atomic E-state index is 5.85. The van der Waals surface area contributed by atoms with E-state index in [4.69, 9.17) is 55.8 Å². The Morgan fingerprint density at radius 1 is 0.514 bits per heavy atom. The molecule has 1 aliphatic rings. The lowest BCUT2D eigenvalue weighted by atomic mass is 10.2. The summed E-state index contributed by atoms with van der Waals surface area (Å²) in [5.74, 6) is 2.47. The van der Waals surface area contributed by atoms with E-state index in [1.807, 2.05) is 24.3 Å². The molecule has 0 spiro atoms. The molecule has 1 heterocycles. The Morgan fingerprint density at radius 3 is 1.31 bits per heavy atom. The van der Waals surface area contributed by atoms with E-state index in [-0.39, 0.29) is 4.99 Å². The van der Waals surface area contributed by atoms with Gasteiger partial charge in [0.15, 0.2) is 23.0 Å². The Hall–Kier alpha value is -2.63. The third-order valence-electron chi connectivity index (χ3n) is 4.76. The second kappa shape index (κ2) is 16.1. The van der Waals surface area contributed by atoms with Gasteiger partial charge in [-0.25, -0.2) is 0 Å². The molecule has 0 atom stereocenters. The van der Waals surface area contributed by atoms with Crippen molar-refractivity contribution in [1.29, 1.82) is 0 Å². The van der Waals surface area contributed by atoms with Crippen LogP contribution in [0.25, 0.3) is 0 Å². The quantitative estimate of drug-likeness (QED) is 0.580. The fraction of sp³-hybridized carbons (Fsp3) is 0.480. The largest absolute Gasteiger partial charge is 0.487 e. The van der Waals surface area contributed by atoms with Crippen LogP contribution in [0.4, 0.5) is 0 Å². The Balaban J connectivity index is 1.50. The van der Waals surface area contributed by atoms with Gasteiger partial charge in [-0.05, 0) is 30.3 Å². The van der Waals surface area contributed by atoms with Crippen molar-refractivity contribution in [3.63, 3.8) is 0 Å². The van der Waals surface area contributed by atoms with Gasteiger partial charge in [-0.1, -0.05) is 24.4 Å². The van der Waals surface area contributed by atoms with E-state index in [1.165, 1.54) is 0 Å². The monoisotopic (exact) mass is 507 g/mol. The number of hydrogen-bond donors (Lipinski definition) is 1. The number of nitrogens with two attached hydrogens (primary N) is 1. The van der Waals surface area contributed by atoms with Crippen molar-refractivity contribution in [2.45, 2.75) is 0 Å². The molecular formula is C25H33NO8S. The molecule has 2 aromatic rings. The van der Waals surface area contributed by atoms with Gasteiger partial charge in [0.25, 0.3) is 0 Å². The molecule has 0 aliphatic carbocycles. The van der Waals surface area contributed by atoms with Crippen molar-refractivity contribution in [2.75, 3.05) is 79.3 Å². The summed E-state index contributed by atoms with van der Waals surface area (Å²) in [6.07, 6.45) is 0. The molecule has 2 N–H and O–H groups in total. The van der Waals surface area contributed by atoms with Gasteiger partial charge in [0.2, 0.25) is 0 Å². The van der Waals surface area contributed by atoms with E-state index in [0.717, 1.165) is 0 Å². The zero-order chi connectivity index (χ0) is 24.6. The van der Waals surface area contributed by atoms with Crippen LogP contribution in [-0.4, -0.2) is 84.3 Å². The van der Waals surface area contributed by atoms with Crippen LogP contribution < -0.4 is 24.7 Å². The van der Waals surface area contributed by atoms with Crippen LogP contribution in [0.1, 0.15) is 5.56 Å². The van der Waals surface area contributed by atoms with Crippen molar-refractivity contribution in [3.05, 3.63) is 48.0 Å². The molecule has 0 amide bonds. The van der Waals surface area contributed by atoms with Crippen molar-refractivity contribution in [2.24, 2.45) is 5.73 Å². The van der Waals surface area contributed by atoms with E-state index in [2.05, 4.69) is 0 Å². The van der Waals surface area contributed by atoms with Gasteiger partial charge in [0, 0.05) is 5.56 Å². The average Bonchev–Trinajstić information content (AvgIpc) is 2.86. The first kappa shape index (κ1) is 27.0. The minimum absolute atomic E-state index is 0.288. The number of para-hydroxylation sites is 2. The van der Waals surface area contributed by atoms with Gasteiger partial charge in [0.05, 0.1) is 52.9 Å². The summed E-state index contributed by atoms with van der Waals surface area (Å²) < 4.78 is 45.6. The molecule has 10 heteroatoms. The van der Waals surface area contributed by atoms with Crippen LogP contribution in [0.3, 0.4) is 0 Å². The fourth-order valence-corrected chi connectivity index (χ4v) is 3.20. The number of rotatable bonds is 1. The van der Waals surface area contributed by atoms with E-state index in [1.54, 1.807) is 18.2 Å². The molecule has 0 bridgehead atoms. The van der Waals surface area contributed by atoms with Crippen LogP contribution in [0.15, 0.2) is 42.5 Å². The summed E-state index contributed by atoms with van der Waals surface area (Å²) in [5.41, 5.74) is 6.45. The molecule has 0 aromatic heterocycles. The van der Waals surface area contributed by atoms with Crippen molar-refractivity contribution >= 4 is 17.2 Å². The first-order chi connectivity index (χ1) is 17.2. The highest BCUT2D eigenvalue weighted by atomic mass is 32.1. The molecule has 192 valence electrons. The summed E-state index contributed by atoms with van der Waals surface area (Å²) in [6.45, 7) is 4.97. The third kappa shape index (κ3) is 10.3. The van der Waals surface area contributed by atoms with Gasteiger partial charge in [-0.2, -0.15) is 0 Å². The minimum atomic E-state index is 0.288. The fourth-order valence-electron chi connectivity index (χ4n) is 3.07. The maximum Gasteiger partial charge on any atom is 0.161 e. The van der Waals surface area contributed by atoms with Crippen molar-refractivity contribution in [1.82, 2.24) is 0 Å². The zero-order valence-electron chi connectivity index (χ0n) is 19.8. The molecule has 0 unspecified atom stereocenters. The summed E-state index contributed by atoms with van der Waals surface area (Å²) in [4.78, 5) is 0.288. The van der Waals surface area contributed by atoms with Gasteiger partial charge in [-0.15, -0.1) is 0 Å². The Kier molecular flexibility index (Phi) is 12.4. The molecule has 0 saturated carbocycles. The predicted octanol–water partition coefficient (Wildman–Crippen LogP) is 2.62. The van der Waals surface area contributed by atoms with E-state index < -0.39 is 0 Å². The summed E-state index contributed by atoms with van der Waals surface area (Å²) in [7, 11) is 0. The highest BCUT2D eigenvalue weighted by molar-refractivity contribution is 7.80. The smallest absolute Gasteiger partial charge is 0.161 e. The topological polar surface area (TPSA) is 99.9 Å². The molecule has 3 rings (SSSR count). The molecule has 35 heavy (non-hydrogen) atoms. The standard InChI is InChI=1S/C25H33NO8S/c26-25(35)20-5-6-23-24(19-20)34-18-14-30-10-9-28-12-16-32-22-4-2-1-3-21(22)31-15-11-27-7-8-29-13-17-33-23/h1-6,19H,7-18H2,(H2,26,35). The predicted molar refractivity (Wildman–Crippen MR) is 134 cm³/mol. The Morgan fingerprint density at radius 2 is 0.886 bits per heavy atom. The second-order valence-electron chi connectivity index (χ2n) is 7.32. The van der Waals surface area contributed by atoms with Crippen LogP contribution in [-0.2, 0) is 18.9 Å². The number of ether oxygens (including phenoxy) is 8. The Bertz CT molecular complexity index is 898. The number of benzene rings is 2. The lowest BCUT2D eigenvalue weighted by Gasteiger charge is -2.15. The lowest BCUT2D eigenvalue weighted by Crippen LogP contribution is -2.16. The van der Waals surface area contributed by atoms with Gasteiger partial charge >= 0.3 is 0 Å². The number of hydrogen-bond acceptors (Lipinski definition) is 9. The summed E-state index contributed by atoms with van der Waals surface area (Å²) in [5, 5.41) is 0. The maximum absolute atomic E-state index is 5.85. The van der Waals surface area contributed by atoms with E-state index in [9.17, 15) is 0 Å². The molecule has 0 fully saturated rings. The summed E-state index contributed by atoms with van der Waals surface area (Å²) >= 11 is 5.07. The number of fused-ring (bicyclic) bond motifs is 2. The normalized spacial score (nSPS) is 17.6. The van der Waals surface area contributed by atoms with Gasteiger partial charge < -0.3 is 43.6 Å². The SMILES string of the molecule is NC(=S)c1ccc2c(c1)OCCOCCOCCOc1ccccc1OCCOCCOCCO2. The lowest BCUT2D eigenvalue weighted by molar-refractivity contribution is 0.0223. The third-order valence-corrected chi connectivity index (χ3v) is 5.00. The van der Waals surface area contributed by atoms with Crippen LogP contribution in [0.5, 0.6) is 23.0 Å². The average molecular weight is 508 g/mol. The summed E-state index contributed by atoms with van der Waals surface area (Å²) in [6, 6.07) is 12.9. The molecule has 9 nitrogen and oxygen atoms in total. The second-order valence-corrected chi connectivity index (χ2v) is 7.76. The first-order valence-corrected chi connectivity index (χ1v) is 12.0. The van der Waals surface area contributed by atoms with Crippen molar-refractivity contribution in [3.8, 4) is 23.0 Å². The number of thiocarbonyl (C=S) groups is 1. The van der Waals surface area contributed by atoms with Crippen molar-refractivity contribution < 1.29 is 37.9 Å². The molecule has 0 radical (unpaired) electrons. The van der Waals surface area contributed by atoms with E-state index >= 15 is 0 Å². The van der Waals surface area contributed by atoms with E-state index in [0.29, 0.717) is 108 Å². The Labute approximate surface area is 211 Å². The highest BCUT2D eigenvalue weighted by Crippen LogP contribution is 2.29. The first-order valence-electron chi connectivity index (χ1n) is 11.6. The van der Waals surface area contributed by atoms with Crippen LogP contribution in [0.2, 0.25) is 0 Å². The molecule has 2 aromatic carbocycles. The zero-order valence-corrected chi connectivity index (χ0v) is 20.6.